The molecule has 0 spiro atoms. The van der Waals surface area contributed by atoms with E-state index in [1.54, 1.807) is 36.1 Å². The van der Waals surface area contributed by atoms with Crippen molar-refractivity contribution in [3.8, 4) is 0 Å². The molecule has 3 rings (SSSR count). The summed E-state index contributed by atoms with van der Waals surface area (Å²) in [5.74, 6) is -0.949. The SMILES string of the molecule is CCN(CC)C(=O)c1ccc(NC(=O)c2c(C)nn(Cc3ccc(F)cc3)c2Cl)cc1Cl. The Morgan fingerprint density at radius 3 is 2.34 bits per heavy atom. The fourth-order valence-corrected chi connectivity index (χ4v) is 3.90. The summed E-state index contributed by atoms with van der Waals surface area (Å²) in [6.45, 7) is 6.91. The lowest BCUT2D eigenvalue weighted by molar-refractivity contribution is 0.0773. The number of carbonyl (C=O) groups excluding carboxylic acids is 2. The van der Waals surface area contributed by atoms with Crippen molar-refractivity contribution < 1.29 is 14.0 Å². The number of anilines is 1. The largest absolute Gasteiger partial charge is 0.339 e. The molecule has 2 aromatic carbocycles. The van der Waals surface area contributed by atoms with Crippen molar-refractivity contribution in [3.05, 3.63) is 80.8 Å². The van der Waals surface area contributed by atoms with Crippen LogP contribution in [-0.4, -0.2) is 39.6 Å². The zero-order valence-electron chi connectivity index (χ0n) is 18.0. The Morgan fingerprint density at radius 2 is 1.75 bits per heavy atom. The maximum Gasteiger partial charge on any atom is 0.260 e. The summed E-state index contributed by atoms with van der Waals surface area (Å²) in [5.41, 5.74) is 2.28. The van der Waals surface area contributed by atoms with Crippen LogP contribution in [0.5, 0.6) is 0 Å². The average molecular weight is 477 g/mol. The molecule has 168 valence electrons. The summed E-state index contributed by atoms with van der Waals surface area (Å²) >= 11 is 12.7. The van der Waals surface area contributed by atoms with Gasteiger partial charge in [-0.25, -0.2) is 9.07 Å². The van der Waals surface area contributed by atoms with Gasteiger partial charge < -0.3 is 10.2 Å². The van der Waals surface area contributed by atoms with Crippen LogP contribution in [0.2, 0.25) is 10.2 Å². The van der Waals surface area contributed by atoms with Gasteiger partial charge in [0.05, 0.1) is 28.4 Å². The van der Waals surface area contributed by atoms with Crippen LogP contribution in [0.15, 0.2) is 42.5 Å². The van der Waals surface area contributed by atoms with Crippen LogP contribution in [0.25, 0.3) is 0 Å². The number of rotatable bonds is 7. The first-order chi connectivity index (χ1) is 15.2. The Kier molecular flexibility index (Phi) is 7.53. The Bertz CT molecular complexity index is 1140. The van der Waals surface area contributed by atoms with Crippen LogP contribution < -0.4 is 5.32 Å². The Balaban J connectivity index is 1.78. The van der Waals surface area contributed by atoms with E-state index in [0.29, 0.717) is 36.6 Å². The van der Waals surface area contributed by atoms with E-state index in [1.807, 2.05) is 13.8 Å². The van der Waals surface area contributed by atoms with Crippen LogP contribution in [0.4, 0.5) is 10.1 Å². The van der Waals surface area contributed by atoms with E-state index in [4.69, 9.17) is 23.2 Å². The van der Waals surface area contributed by atoms with E-state index in [2.05, 4.69) is 10.4 Å². The molecule has 3 aromatic rings. The molecule has 6 nitrogen and oxygen atoms in total. The predicted molar refractivity (Wildman–Crippen MR) is 124 cm³/mol. The van der Waals surface area contributed by atoms with Crippen LogP contribution in [0, 0.1) is 12.7 Å². The molecule has 0 unspecified atom stereocenters. The number of nitrogens with one attached hydrogen (secondary N) is 1. The number of hydrogen-bond donors (Lipinski definition) is 1. The highest BCUT2D eigenvalue weighted by molar-refractivity contribution is 6.35. The molecule has 2 amide bonds. The maximum atomic E-state index is 13.1. The van der Waals surface area contributed by atoms with Crippen molar-refractivity contribution >= 4 is 40.7 Å². The number of benzene rings is 2. The monoisotopic (exact) mass is 476 g/mol. The molecule has 0 atom stereocenters. The molecule has 1 heterocycles. The Hall–Kier alpha value is -2.90. The van der Waals surface area contributed by atoms with Crippen LogP contribution >= 0.6 is 23.2 Å². The highest BCUT2D eigenvalue weighted by Gasteiger charge is 2.22. The highest BCUT2D eigenvalue weighted by atomic mass is 35.5. The molecular formula is C23H23Cl2FN4O2. The minimum Gasteiger partial charge on any atom is -0.339 e. The zero-order valence-corrected chi connectivity index (χ0v) is 19.5. The van der Waals surface area contributed by atoms with Gasteiger partial charge in [-0.15, -0.1) is 0 Å². The number of amides is 2. The fourth-order valence-electron chi connectivity index (χ4n) is 3.32. The van der Waals surface area contributed by atoms with Gasteiger partial charge in [0.25, 0.3) is 11.8 Å². The lowest BCUT2D eigenvalue weighted by Crippen LogP contribution is -2.30. The van der Waals surface area contributed by atoms with Gasteiger partial charge in [0, 0.05) is 18.8 Å². The minimum atomic E-state index is -0.447. The van der Waals surface area contributed by atoms with E-state index >= 15 is 0 Å². The van der Waals surface area contributed by atoms with Gasteiger partial charge in [-0.05, 0) is 56.7 Å². The topological polar surface area (TPSA) is 67.2 Å². The predicted octanol–water partition coefficient (Wildman–Crippen LogP) is 5.42. The van der Waals surface area contributed by atoms with Gasteiger partial charge in [0.15, 0.2) is 0 Å². The van der Waals surface area contributed by atoms with Crippen molar-refractivity contribution in [1.82, 2.24) is 14.7 Å². The van der Waals surface area contributed by atoms with Crippen molar-refractivity contribution in [2.75, 3.05) is 18.4 Å². The third kappa shape index (κ3) is 5.11. The zero-order chi connectivity index (χ0) is 23.4. The van der Waals surface area contributed by atoms with Gasteiger partial charge in [-0.1, -0.05) is 35.3 Å². The molecule has 9 heteroatoms. The van der Waals surface area contributed by atoms with E-state index in [9.17, 15) is 14.0 Å². The molecule has 0 fully saturated rings. The number of aryl methyl sites for hydroxylation is 1. The van der Waals surface area contributed by atoms with Crippen LogP contribution in [0.3, 0.4) is 0 Å². The molecular weight excluding hydrogens is 454 g/mol. The molecule has 1 aromatic heterocycles. The first-order valence-corrected chi connectivity index (χ1v) is 10.9. The lowest BCUT2D eigenvalue weighted by atomic mass is 10.1. The van der Waals surface area contributed by atoms with Gasteiger partial charge >= 0.3 is 0 Å². The van der Waals surface area contributed by atoms with Crippen LogP contribution in [0.1, 0.15) is 45.8 Å². The van der Waals surface area contributed by atoms with E-state index in [1.165, 1.54) is 22.9 Å². The Morgan fingerprint density at radius 1 is 1.09 bits per heavy atom. The molecule has 32 heavy (non-hydrogen) atoms. The van der Waals surface area contributed by atoms with Crippen LogP contribution in [-0.2, 0) is 6.54 Å². The summed E-state index contributed by atoms with van der Waals surface area (Å²) in [6.07, 6.45) is 0. The van der Waals surface area contributed by atoms with E-state index < -0.39 is 5.91 Å². The smallest absolute Gasteiger partial charge is 0.260 e. The second-order valence-corrected chi connectivity index (χ2v) is 7.93. The molecule has 1 N–H and O–H groups in total. The average Bonchev–Trinajstić information content (AvgIpc) is 3.03. The lowest BCUT2D eigenvalue weighted by Gasteiger charge is -2.19. The number of halogens is 3. The minimum absolute atomic E-state index is 0.168. The van der Waals surface area contributed by atoms with E-state index in [-0.39, 0.29) is 27.5 Å². The molecule has 0 radical (unpaired) electrons. The third-order valence-electron chi connectivity index (χ3n) is 5.05. The number of aromatic nitrogens is 2. The highest BCUT2D eigenvalue weighted by Crippen LogP contribution is 2.25. The fraction of sp³-hybridized carbons (Fsp3) is 0.261. The standard InChI is InChI=1S/C23H23Cl2FN4O2/c1-4-29(5-2)23(32)18-11-10-17(12-19(18)24)27-22(31)20-14(3)28-30(21(20)25)13-15-6-8-16(26)9-7-15/h6-12H,4-5,13H2,1-3H3,(H,27,31). The van der Waals surface area contributed by atoms with Crippen molar-refractivity contribution in [2.24, 2.45) is 0 Å². The summed E-state index contributed by atoms with van der Waals surface area (Å²) in [5, 5.41) is 7.51. The summed E-state index contributed by atoms with van der Waals surface area (Å²) in [4.78, 5) is 27.1. The third-order valence-corrected chi connectivity index (χ3v) is 5.74. The molecule has 0 aliphatic rings. The normalized spacial score (nSPS) is 10.8. The number of carbonyl (C=O) groups is 2. The molecule has 0 aliphatic carbocycles. The number of nitrogens with zero attached hydrogens (tertiary/aromatic N) is 3. The maximum absolute atomic E-state index is 13.1. The number of hydrogen-bond acceptors (Lipinski definition) is 3. The summed E-state index contributed by atoms with van der Waals surface area (Å²) in [6, 6.07) is 10.7. The molecule has 0 saturated carbocycles. The van der Waals surface area contributed by atoms with Gasteiger partial charge in [-0.3, -0.25) is 9.59 Å². The van der Waals surface area contributed by atoms with Crippen molar-refractivity contribution in [1.29, 1.82) is 0 Å². The second-order valence-electron chi connectivity index (χ2n) is 7.16. The van der Waals surface area contributed by atoms with E-state index in [0.717, 1.165) is 5.56 Å². The van der Waals surface area contributed by atoms with Crippen molar-refractivity contribution in [3.63, 3.8) is 0 Å². The summed E-state index contributed by atoms with van der Waals surface area (Å²) in [7, 11) is 0. The first kappa shape index (κ1) is 23.8. The molecule has 0 saturated heterocycles. The second kappa shape index (κ2) is 10.1. The quantitative estimate of drug-likeness (QED) is 0.494. The van der Waals surface area contributed by atoms with Gasteiger partial charge in [-0.2, -0.15) is 5.10 Å². The van der Waals surface area contributed by atoms with Gasteiger partial charge in [0.1, 0.15) is 11.0 Å². The molecule has 0 aliphatic heterocycles. The summed E-state index contributed by atoms with van der Waals surface area (Å²) < 4.78 is 14.6. The van der Waals surface area contributed by atoms with Crippen molar-refractivity contribution in [2.45, 2.75) is 27.3 Å². The Labute approximate surface area is 195 Å². The molecule has 0 bridgehead atoms. The first-order valence-electron chi connectivity index (χ1n) is 10.1. The van der Waals surface area contributed by atoms with Gasteiger partial charge in [0.2, 0.25) is 0 Å².